The van der Waals surface area contributed by atoms with Gasteiger partial charge in [-0.3, -0.25) is 14.2 Å². The number of halogens is 1. The van der Waals surface area contributed by atoms with E-state index in [9.17, 15) is 14.7 Å². The number of hydrogen-bond donors (Lipinski definition) is 1. The number of carbonyl (C=O) groups excluding carboxylic acids is 1. The van der Waals surface area contributed by atoms with Crippen molar-refractivity contribution in [3.8, 4) is 0 Å². The molecule has 17 heavy (non-hydrogen) atoms. The number of aliphatic hydroxyl groups is 1. The summed E-state index contributed by atoms with van der Waals surface area (Å²) in [4.78, 5) is 26.6. The average molecular weight is 352 g/mol. The van der Waals surface area contributed by atoms with E-state index in [2.05, 4.69) is 4.98 Å². The first-order valence-electron chi connectivity index (χ1n) is 5.08. The van der Waals surface area contributed by atoms with Gasteiger partial charge in [-0.2, -0.15) is 0 Å². The minimum atomic E-state index is -0.952. The molecule has 1 aromatic heterocycles. The van der Waals surface area contributed by atoms with E-state index in [-0.39, 0.29) is 25.1 Å². The monoisotopic (exact) mass is 352 g/mol. The summed E-state index contributed by atoms with van der Waals surface area (Å²) in [5, 5.41) is 9.62. The first-order valence-corrected chi connectivity index (χ1v) is 6.16. The first-order chi connectivity index (χ1) is 8.04. The zero-order valence-corrected chi connectivity index (χ0v) is 11.5. The molecule has 0 bridgehead atoms. The molecule has 0 radical (unpaired) electrons. The summed E-state index contributed by atoms with van der Waals surface area (Å²) < 4.78 is 6.44. The van der Waals surface area contributed by atoms with Gasteiger partial charge in [0.15, 0.2) is 0 Å². The third-order valence-corrected chi connectivity index (χ3v) is 2.71. The van der Waals surface area contributed by atoms with Crippen LogP contribution in [0.2, 0.25) is 0 Å². The summed E-state index contributed by atoms with van der Waals surface area (Å²) in [5.41, 5.74) is -0.233. The highest BCUT2D eigenvalue weighted by molar-refractivity contribution is 14.1. The molecule has 1 unspecified atom stereocenters. The van der Waals surface area contributed by atoms with Crippen LogP contribution in [0.5, 0.6) is 0 Å². The molecule has 0 saturated carbocycles. The summed E-state index contributed by atoms with van der Waals surface area (Å²) in [7, 11) is 0. The highest BCUT2D eigenvalue weighted by Crippen LogP contribution is 1.99. The van der Waals surface area contributed by atoms with E-state index in [4.69, 9.17) is 4.74 Å². The quantitative estimate of drug-likeness (QED) is 0.603. The number of carbonyl (C=O) groups is 1. The number of esters is 1. The van der Waals surface area contributed by atoms with Gasteiger partial charge in [-0.25, -0.2) is 4.98 Å². The summed E-state index contributed by atoms with van der Waals surface area (Å²) >= 11 is 1.87. The molecule has 1 atom stereocenters. The molecule has 0 fully saturated rings. The molecule has 0 amide bonds. The Balaban J connectivity index is 2.62. The predicted molar refractivity (Wildman–Crippen MR) is 68.5 cm³/mol. The molecule has 0 aromatic carbocycles. The van der Waals surface area contributed by atoms with Gasteiger partial charge in [0.25, 0.3) is 5.56 Å². The molecule has 7 heteroatoms. The predicted octanol–water partition coefficient (Wildman–Crippen LogP) is 0.162. The van der Waals surface area contributed by atoms with Crippen molar-refractivity contribution in [2.24, 2.45) is 0 Å². The van der Waals surface area contributed by atoms with Crippen molar-refractivity contribution in [1.82, 2.24) is 9.55 Å². The van der Waals surface area contributed by atoms with Crippen LogP contribution in [-0.4, -0.2) is 33.3 Å². The molecule has 0 aliphatic heterocycles. The van der Waals surface area contributed by atoms with Crippen LogP contribution >= 0.6 is 22.6 Å². The van der Waals surface area contributed by atoms with Crippen LogP contribution < -0.4 is 5.56 Å². The topological polar surface area (TPSA) is 81.4 Å². The van der Waals surface area contributed by atoms with Crippen molar-refractivity contribution >= 4 is 28.6 Å². The minimum absolute atomic E-state index is 0.0293. The van der Waals surface area contributed by atoms with E-state index < -0.39 is 12.1 Å². The molecular weight excluding hydrogens is 339 g/mol. The van der Waals surface area contributed by atoms with Crippen LogP contribution in [0.25, 0.3) is 0 Å². The number of rotatable bonds is 5. The maximum absolute atomic E-state index is 11.6. The zero-order chi connectivity index (χ0) is 12.8. The van der Waals surface area contributed by atoms with Gasteiger partial charge in [0.05, 0.1) is 35.6 Å². The molecule has 1 heterocycles. The highest BCUT2D eigenvalue weighted by atomic mass is 127. The van der Waals surface area contributed by atoms with Crippen LogP contribution in [-0.2, 0) is 16.1 Å². The number of aliphatic hydroxyl groups excluding tert-OH is 1. The number of ether oxygens (including phenoxy) is 1. The van der Waals surface area contributed by atoms with Gasteiger partial charge in [-0.15, -0.1) is 0 Å². The second-order valence-corrected chi connectivity index (χ2v) is 4.52. The molecule has 0 saturated heterocycles. The van der Waals surface area contributed by atoms with Crippen LogP contribution in [0, 0.1) is 3.57 Å². The fourth-order valence-electron chi connectivity index (χ4n) is 1.26. The second-order valence-electron chi connectivity index (χ2n) is 3.36. The Morgan fingerprint density at radius 3 is 3.06 bits per heavy atom. The van der Waals surface area contributed by atoms with Gasteiger partial charge in [-0.05, 0) is 29.5 Å². The Kier molecular flexibility index (Phi) is 5.56. The second kappa shape index (κ2) is 6.70. The molecule has 1 aromatic rings. The fraction of sp³-hybridized carbons (Fsp3) is 0.500. The molecule has 6 nitrogen and oxygen atoms in total. The molecule has 1 rings (SSSR count). The lowest BCUT2D eigenvalue weighted by atomic mass is 10.2. The maximum atomic E-state index is 11.6. The lowest BCUT2D eigenvalue weighted by Gasteiger charge is -2.11. The van der Waals surface area contributed by atoms with Crippen LogP contribution in [0.3, 0.4) is 0 Å². The van der Waals surface area contributed by atoms with Crippen molar-refractivity contribution < 1.29 is 14.6 Å². The Labute approximate surface area is 112 Å². The SMILES string of the molecule is CCOC(=O)CC(O)Cn1cncc(I)c1=O. The largest absolute Gasteiger partial charge is 0.466 e. The summed E-state index contributed by atoms with van der Waals surface area (Å²) in [6.45, 7) is 2.00. The molecule has 1 N–H and O–H groups in total. The lowest BCUT2D eigenvalue weighted by Crippen LogP contribution is -2.29. The first kappa shape index (κ1) is 14.1. The summed E-state index contributed by atoms with van der Waals surface area (Å²) in [6, 6.07) is 0. The van der Waals surface area contributed by atoms with E-state index in [0.29, 0.717) is 3.57 Å². The van der Waals surface area contributed by atoms with E-state index >= 15 is 0 Å². The molecule has 94 valence electrons. The Morgan fingerprint density at radius 2 is 2.41 bits per heavy atom. The molecule has 0 spiro atoms. The average Bonchev–Trinajstić information content (AvgIpc) is 2.25. The maximum Gasteiger partial charge on any atom is 0.308 e. The van der Waals surface area contributed by atoms with Gasteiger partial charge in [0, 0.05) is 6.20 Å². The van der Waals surface area contributed by atoms with E-state index in [1.165, 1.54) is 17.1 Å². The van der Waals surface area contributed by atoms with Crippen LogP contribution in [0.1, 0.15) is 13.3 Å². The van der Waals surface area contributed by atoms with Gasteiger partial charge in [-0.1, -0.05) is 0 Å². The van der Waals surface area contributed by atoms with Crippen molar-refractivity contribution in [3.05, 3.63) is 26.4 Å². The number of hydrogen-bond acceptors (Lipinski definition) is 5. The Morgan fingerprint density at radius 1 is 1.71 bits per heavy atom. The van der Waals surface area contributed by atoms with Crippen molar-refractivity contribution in [2.45, 2.75) is 26.0 Å². The van der Waals surface area contributed by atoms with Gasteiger partial charge >= 0.3 is 5.97 Å². The smallest absolute Gasteiger partial charge is 0.308 e. The standard InChI is InChI=1S/C10H13IN2O4/c1-2-17-9(15)3-7(14)5-13-6-12-4-8(11)10(13)16/h4,6-7,14H,2-3,5H2,1H3. The van der Waals surface area contributed by atoms with Gasteiger partial charge in [0.1, 0.15) is 0 Å². The van der Waals surface area contributed by atoms with Crippen molar-refractivity contribution in [2.75, 3.05) is 6.61 Å². The molecular formula is C10H13IN2O4. The van der Waals surface area contributed by atoms with E-state index in [1.807, 2.05) is 22.6 Å². The minimum Gasteiger partial charge on any atom is -0.466 e. The van der Waals surface area contributed by atoms with Gasteiger partial charge < -0.3 is 9.84 Å². The summed E-state index contributed by atoms with van der Waals surface area (Å²) in [6.07, 6.45) is 1.69. The normalized spacial score (nSPS) is 12.2. The highest BCUT2D eigenvalue weighted by Gasteiger charge is 2.13. The van der Waals surface area contributed by atoms with E-state index in [1.54, 1.807) is 6.92 Å². The van der Waals surface area contributed by atoms with Crippen LogP contribution in [0.4, 0.5) is 0 Å². The van der Waals surface area contributed by atoms with E-state index in [0.717, 1.165) is 0 Å². The fourth-order valence-corrected chi connectivity index (χ4v) is 1.73. The number of aromatic nitrogens is 2. The molecule has 0 aliphatic carbocycles. The van der Waals surface area contributed by atoms with Crippen molar-refractivity contribution in [3.63, 3.8) is 0 Å². The Bertz CT molecular complexity index is 446. The van der Waals surface area contributed by atoms with Crippen molar-refractivity contribution in [1.29, 1.82) is 0 Å². The lowest BCUT2D eigenvalue weighted by molar-refractivity contribution is -0.145. The Hall–Kier alpha value is -0.960. The third-order valence-electron chi connectivity index (χ3n) is 1.97. The zero-order valence-electron chi connectivity index (χ0n) is 9.30. The van der Waals surface area contributed by atoms with Crippen LogP contribution in [0.15, 0.2) is 17.3 Å². The van der Waals surface area contributed by atoms with Gasteiger partial charge in [0.2, 0.25) is 0 Å². The number of nitrogens with zero attached hydrogens (tertiary/aromatic N) is 2. The summed E-state index contributed by atoms with van der Waals surface area (Å²) in [5.74, 6) is -0.480. The third kappa shape index (κ3) is 4.43. The molecule has 0 aliphatic rings.